The smallest absolute Gasteiger partial charge is 0.283 e. The number of amides is 1. The van der Waals surface area contributed by atoms with Crippen LogP contribution in [0.15, 0.2) is 22.7 Å². The maximum absolute atomic E-state index is 11.7. The number of ether oxygens (including phenoxy) is 1. The third-order valence-electron chi connectivity index (χ3n) is 2.47. The van der Waals surface area contributed by atoms with E-state index in [4.69, 9.17) is 9.57 Å². The van der Waals surface area contributed by atoms with E-state index in [1.165, 1.54) is 5.06 Å². The third kappa shape index (κ3) is 3.20. The summed E-state index contributed by atoms with van der Waals surface area (Å²) in [7, 11) is 0. The molecule has 1 aromatic rings. The van der Waals surface area contributed by atoms with E-state index in [-0.39, 0.29) is 12.5 Å². The summed E-state index contributed by atoms with van der Waals surface area (Å²) in [6, 6.07) is 5.74. The number of nitrogens with zero attached hydrogens (tertiary/aromatic N) is 1. The Labute approximate surface area is 109 Å². The van der Waals surface area contributed by atoms with Crippen molar-refractivity contribution < 1.29 is 14.4 Å². The summed E-state index contributed by atoms with van der Waals surface area (Å²) >= 11 is 3.40. The van der Waals surface area contributed by atoms with Crippen LogP contribution >= 0.6 is 15.9 Å². The summed E-state index contributed by atoms with van der Waals surface area (Å²) in [5.41, 5.74) is 1.14. The molecule has 0 aliphatic carbocycles. The first kappa shape index (κ1) is 12.4. The van der Waals surface area contributed by atoms with E-state index in [0.29, 0.717) is 18.9 Å². The average molecular weight is 300 g/mol. The molecule has 1 aliphatic heterocycles. The predicted molar refractivity (Wildman–Crippen MR) is 66.7 cm³/mol. The number of benzene rings is 1. The van der Waals surface area contributed by atoms with E-state index in [9.17, 15) is 4.79 Å². The van der Waals surface area contributed by atoms with Gasteiger partial charge in [-0.05, 0) is 47.0 Å². The Morgan fingerprint density at radius 1 is 1.59 bits per heavy atom. The van der Waals surface area contributed by atoms with E-state index in [1.54, 1.807) is 0 Å². The van der Waals surface area contributed by atoms with Crippen LogP contribution in [0.5, 0.6) is 5.75 Å². The van der Waals surface area contributed by atoms with Gasteiger partial charge in [-0.25, -0.2) is 5.06 Å². The highest BCUT2D eigenvalue weighted by Crippen LogP contribution is 2.25. The molecule has 4 nitrogen and oxygen atoms in total. The van der Waals surface area contributed by atoms with Crippen molar-refractivity contribution in [1.82, 2.24) is 5.06 Å². The van der Waals surface area contributed by atoms with Crippen molar-refractivity contribution in [3.05, 3.63) is 28.2 Å². The minimum absolute atomic E-state index is 0.00165. The number of aryl methyl sites for hydroxylation is 1. The number of carbonyl (C=O) groups is 1. The van der Waals surface area contributed by atoms with Gasteiger partial charge in [0, 0.05) is 0 Å². The second-order valence-corrected chi connectivity index (χ2v) is 4.76. The maximum Gasteiger partial charge on any atom is 0.283 e. The van der Waals surface area contributed by atoms with Gasteiger partial charge in [-0.3, -0.25) is 9.63 Å². The van der Waals surface area contributed by atoms with Gasteiger partial charge in [0.2, 0.25) is 0 Å². The first-order valence-electron chi connectivity index (χ1n) is 5.49. The lowest BCUT2D eigenvalue weighted by Crippen LogP contribution is -2.31. The largest absolute Gasteiger partial charge is 0.483 e. The topological polar surface area (TPSA) is 38.8 Å². The van der Waals surface area contributed by atoms with Crippen LogP contribution in [0.1, 0.15) is 12.0 Å². The lowest BCUT2D eigenvalue weighted by molar-refractivity contribution is -0.170. The Bertz CT molecular complexity index is 416. The number of halogens is 1. The number of hydrogen-bond donors (Lipinski definition) is 0. The van der Waals surface area contributed by atoms with Crippen molar-refractivity contribution in [2.45, 2.75) is 13.3 Å². The van der Waals surface area contributed by atoms with Gasteiger partial charge < -0.3 is 4.74 Å². The monoisotopic (exact) mass is 299 g/mol. The summed E-state index contributed by atoms with van der Waals surface area (Å²) < 4.78 is 6.30. The quantitative estimate of drug-likeness (QED) is 0.860. The number of hydroxylamine groups is 2. The van der Waals surface area contributed by atoms with Gasteiger partial charge in [0.15, 0.2) is 6.61 Å². The van der Waals surface area contributed by atoms with Crippen molar-refractivity contribution in [3.8, 4) is 5.75 Å². The highest BCUT2D eigenvalue weighted by atomic mass is 79.9. The van der Waals surface area contributed by atoms with Crippen LogP contribution in [0.2, 0.25) is 0 Å². The Hall–Kier alpha value is -1.07. The predicted octanol–water partition coefficient (Wildman–Crippen LogP) is 2.30. The third-order valence-corrected chi connectivity index (χ3v) is 3.09. The summed E-state index contributed by atoms with van der Waals surface area (Å²) in [5, 5.41) is 1.36. The van der Waals surface area contributed by atoms with Gasteiger partial charge in [0.1, 0.15) is 5.75 Å². The molecule has 92 valence electrons. The van der Waals surface area contributed by atoms with E-state index >= 15 is 0 Å². The molecule has 1 aliphatic rings. The summed E-state index contributed by atoms with van der Waals surface area (Å²) in [6.07, 6.45) is 0.889. The molecule has 1 heterocycles. The van der Waals surface area contributed by atoms with Gasteiger partial charge in [0.25, 0.3) is 5.91 Å². The molecule has 1 fully saturated rings. The zero-order valence-electron chi connectivity index (χ0n) is 9.61. The summed E-state index contributed by atoms with van der Waals surface area (Å²) in [4.78, 5) is 16.8. The standard InChI is InChI=1S/C12H14BrNO3/c1-9-3-4-11(10(13)7-9)16-8-12(15)14-5-2-6-17-14/h3-4,7H,2,5-6,8H2,1H3. The molecule has 1 amide bonds. The molecule has 0 spiro atoms. The molecule has 0 radical (unpaired) electrons. The lowest BCUT2D eigenvalue weighted by atomic mass is 10.2. The van der Waals surface area contributed by atoms with Crippen molar-refractivity contribution in [2.75, 3.05) is 19.8 Å². The van der Waals surface area contributed by atoms with Gasteiger partial charge in [0.05, 0.1) is 17.6 Å². The van der Waals surface area contributed by atoms with Gasteiger partial charge in [-0.15, -0.1) is 0 Å². The average Bonchev–Trinajstić information content (AvgIpc) is 2.81. The molecule has 17 heavy (non-hydrogen) atoms. The van der Waals surface area contributed by atoms with Crippen LogP contribution in [0.25, 0.3) is 0 Å². The second-order valence-electron chi connectivity index (χ2n) is 3.91. The van der Waals surface area contributed by atoms with Crippen molar-refractivity contribution in [2.24, 2.45) is 0 Å². The number of rotatable bonds is 3. The van der Waals surface area contributed by atoms with Crippen LogP contribution in [0, 0.1) is 6.92 Å². The fourth-order valence-electron chi connectivity index (χ4n) is 1.58. The highest BCUT2D eigenvalue weighted by molar-refractivity contribution is 9.10. The molecule has 0 aromatic heterocycles. The van der Waals surface area contributed by atoms with Gasteiger partial charge >= 0.3 is 0 Å². The van der Waals surface area contributed by atoms with Crippen LogP contribution in [0.4, 0.5) is 0 Å². The van der Waals surface area contributed by atoms with Crippen molar-refractivity contribution in [3.63, 3.8) is 0 Å². The van der Waals surface area contributed by atoms with E-state index in [0.717, 1.165) is 16.5 Å². The van der Waals surface area contributed by atoms with Crippen LogP contribution in [0.3, 0.4) is 0 Å². The molecule has 2 rings (SSSR count). The van der Waals surface area contributed by atoms with E-state index in [2.05, 4.69) is 15.9 Å². The molecular weight excluding hydrogens is 286 g/mol. The Morgan fingerprint density at radius 3 is 3.06 bits per heavy atom. The maximum atomic E-state index is 11.7. The normalized spacial score (nSPS) is 15.1. The SMILES string of the molecule is Cc1ccc(OCC(=O)N2CCCO2)c(Br)c1. The molecule has 1 saturated heterocycles. The Balaban J connectivity index is 1.90. The minimum Gasteiger partial charge on any atom is -0.483 e. The fourth-order valence-corrected chi connectivity index (χ4v) is 2.19. The second kappa shape index (κ2) is 5.51. The van der Waals surface area contributed by atoms with Gasteiger partial charge in [-0.1, -0.05) is 6.07 Å². The molecule has 0 bridgehead atoms. The number of carbonyl (C=O) groups excluding carboxylic acids is 1. The number of hydrogen-bond acceptors (Lipinski definition) is 3. The van der Waals surface area contributed by atoms with E-state index < -0.39 is 0 Å². The lowest BCUT2D eigenvalue weighted by Gasteiger charge is -2.14. The summed E-state index contributed by atoms with van der Waals surface area (Å²) in [6.45, 7) is 3.26. The zero-order valence-corrected chi connectivity index (χ0v) is 11.2. The summed E-state index contributed by atoms with van der Waals surface area (Å²) in [5.74, 6) is 0.526. The first-order valence-corrected chi connectivity index (χ1v) is 6.28. The fraction of sp³-hybridized carbons (Fsp3) is 0.417. The molecule has 5 heteroatoms. The highest BCUT2D eigenvalue weighted by Gasteiger charge is 2.19. The molecule has 0 atom stereocenters. The molecular formula is C12H14BrNO3. The van der Waals surface area contributed by atoms with Crippen LogP contribution in [-0.2, 0) is 9.63 Å². The zero-order chi connectivity index (χ0) is 12.3. The first-order chi connectivity index (χ1) is 8.16. The molecule has 0 unspecified atom stereocenters. The van der Waals surface area contributed by atoms with Crippen LogP contribution < -0.4 is 4.74 Å². The molecule has 1 aromatic carbocycles. The molecule has 0 N–H and O–H groups in total. The van der Waals surface area contributed by atoms with Crippen LogP contribution in [-0.4, -0.2) is 30.7 Å². The Morgan fingerprint density at radius 2 is 2.41 bits per heavy atom. The minimum atomic E-state index is -0.144. The van der Waals surface area contributed by atoms with Crippen molar-refractivity contribution in [1.29, 1.82) is 0 Å². The van der Waals surface area contributed by atoms with E-state index in [1.807, 2.05) is 25.1 Å². The van der Waals surface area contributed by atoms with Crippen molar-refractivity contribution >= 4 is 21.8 Å². The van der Waals surface area contributed by atoms with Gasteiger partial charge in [-0.2, -0.15) is 0 Å². The Kier molecular flexibility index (Phi) is 4.02. The molecule has 0 saturated carbocycles.